The summed E-state index contributed by atoms with van der Waals surface area (Å²) in [5.74, 6) is 0.848. The van der Waals surface area contributed by atoms with E-state index >= 15 is 0 Å². The van der Waals surface area contributed by atoms with Crippen molar-refractivity contribution in [3.05, 3.63) is 70.8 Å². The van der Waals surface area contributed by atoms with Crippen LogP contribution in [0.2, 0.25) is 5.02 Å². The van der Waals surface area contributed by atoms with E-state index in [4.69, 9.17) is 22.1 Å². The van der Waals surface area contributed by atoms with Crippen molar-refractivity contribution < 1.29 is 14.0 Å². The Hall–Kier alpha value is -3.39. The summed E-state index contributed by atoms with van der Waals surface area (Å²) in [5, 5.41) is 7.19. The minimum atomic E-state index is -0.316. The van der Waals surface area contributed by atoms with E-state index < -0.39 is 0 Å². The molecule has 0 spiro atoms. The zero-order valence-corrected chi connectivity index (χ0v) is 15.7. The van der Waals surface area contributed by atoms with E-state index in [0.29, 0.717) is 33.4 Å². The SMILES string of the molecule is CO/N=C/c1c(N)ncnc1Nc1ccc(OCc2cccc(F)c2)c(Cl)c1. The molecule has 0 saturated heterocycles. The molecule has 0 amide bonds. The number of nitrogens with two attached hydrogens (primary N) is 1. The van der Waals surface area contributed by atoms with Gasteiger partial charge in [-0.2, -0.15) is 0 Å². The van der Waals surface area contributed by atoms with Crippen LogP contribution in [0.5, 0.6) is 5.75 Å². The zero-order valence-electron chi connectivity index (χ0n) is 14.9. The van der Waals surface area contributed by atoms with Crippen molar-refractivity contribution >= 4 is 35.1 Å². The third-order valence-electron chi connectivity index (χ3n) is 3.68. The predicted molar refractivity (Wildman–Crippen MR) is 107 cm³/mol. The first-order chi connectivity index (χ1) is 13.6. The molecule has 0 aliphatic heterocycles. The molecule has 1 heterocycles. The number of hydrogen-bond acceptors (Lipinski definition) is 7. The summed E-state index contributed by atoms with van der Waals surface area (Å²) in [4.78, 5) is 12.8. The van der Waals surface area contributed by atoms with Gasteiger partial charge in [-0.05, 0) is 35.9 Å². The Kier molecular flexibility index (Phi) is 6.23. The van der Waals surface area contributed by atoms with Crippen LogP contribution in [0.4, 0.5) is 21.7 Å². The van der Waals surface area contributed by atoms with Crippen LogP contribution in [0, 0.1) is 5.82 Å². The van der Waals surface area contributed by atoms with E-state index in [1.54, 1.807) is 30.3 Å². The molecule has 2 aromatic carbocycles. The fraction of sp³-hybridized carbons (Fsp3) is 0.105. The molecule has 3 rings (SSSR count). The Morgan fingerprint density at radius 3 is 2.86 bits per heavy atom. The topological polar surface area (TPSA) is 94.7 Å². The average Bonchev–Trinajstić information content (AvgIpc) is 2.67. The summed E-state index contributed by atoms with van der Waals surface area (Å²) in [7, 11) is 1.42. The van der Waals surface area contributed by atoms with Crippen molar-refractivity contribution in [3.63, 3.8) is 0 Å². The number of benzene rings is 2. The van der Waals surface area contributed by atoms with Crippen molar-refractivity contribution in [1.29, 1.82) is 0 Å². The lowest BCUT2D eigenvalue weighted by Crippen LogP contribution is -2.05. The lowest BCUT2D eigenvalue weighted by molar-refractivity contribution is 0.215. The van der Waals surface area contributed by atoms with Gasteiger partial charge in [0.1, 0.15) is 43.2 Å². The van der Waals surface area contributed by atoms with Gasteiger partial charge in [0.05, 0.1) is 16.8 Å². The van der Waals surface area contributed by atoms with Gasteiger partial charge >= 0.3 is 0 Å². The van der Waals surface area contributed by atoms with Crippen molar-refractivity contribution in [2.75, 3.05) is 18.2 Å². The van der Waals surface area contributed by atoms with Crippen molar-refractivity contribution in [2.45, 2.75) is 6.61 Å². The van der Waals surface area contributed by atoms with Crippen LogP contribution in [0.1, 0.15) is 11.1 Å². The van der Waals surface area contributed by atoms with Gasteiger partial charge < -0.3 is 20.6 Å². The molecule has 9 heteroatoms. The van der Waals surface area contributed by atoms with Crippen molar-refractivity contribution in [3.8, 4) is 5.75 Å². The minimum absolute atomic E-state index is 0.199. The molecule has 1 aromatic heterocycles. The summed E-state index contributed by atoms with van der Waals surface area (Å²) < 4.78 is 18.9. The number of oxime groups is 1. The first-order valence-electron chi connectivity index (χ1n) is 8.17. The fourth-order valence-corrected chi connectivity index (χ4v) is 2.60. The van der Waals surface area contributed by atoms with E-state index in [1.807, 2.05) is 0 Å². The highest BCUT2D eigenvalue weighted by Gasteiger charge is 2.10. The molecule has 0 radical (unpaired) electrons. The molecule has 28 heavy (non-hydrogen) atoms. The van der Waals surface area contributed by atoms with Crippen LogP contribution in [-0.4, -0.2) is 23.3 Å². The Balaban J connectivity index is 1.74. The van der Waals surface area contributed by atoms with E-state index in [0.717, 1.165) is 0 Å². The standard InChI is InChI=1S/C19H17ClFN5O2/c1-27-25-9-15-18(22)23-11-24-19(15)26-14-5-6-17(16(20)8-14)28-10-12-3-2-4-13(21)7-12/h2-9,11H,10H2,1H3,(H3,22,23,24,26)/b25-9+. The fourth-order valence-electron chi connectivity index (χ4n) is 2.36. The van der Waals surface area contributed by atoms with E-state index in [9.17, 15) is 4.39 Å². The number of halogens is 2. The maximum atomic E-state index is 13.2. The van der Waals surface area contributed by atoms with Crippen molar-refractivity contribution in [1.82, 2.24) is 9.97 Å². The van der Waals surface area contributed by atoms with Crippen molar-refractivity contribution in [2.24, 2.45) is 5.16 Å². The van der Waals surface area contributed by atoms with Crippen LogP contribution in [-0.2, 0) is 11.4 Å². The average molecular weight is 402 g/mol. The number of rotatable bonds is 7. The molecule has 0 aliphatic carbocycles. The number of nitrogen functional groups attached to an aromatic ring is 1. The smallest absolute Gasteiger partial charge is 0.144 e. The predicted octanol–water partition coefficient (Wildman–Crippen LogP) is 4.15. The van der Waals surface area contributed by atoms with Gasteiger partial charge in [0.25, 0.3) is 0 Å². The van der Waals surface area contributed by atoms with Gasteiger partial charge in [-0.15, -0.1) is 0 Å². The summed E-state index contributed by atoms with van der Waals surface area (Å²) in [6, 6.07) is 11.3. The van der Waals surface area contributed by atoms with Crippen LogP contribution in [0.25, 0.3) is 0 Å². The second-order valence-corrected chi connectivity index (χ2v) is 6.03. The lowest BCUT2D eigenvalue weighted by atomic mass is 10.2. The largest absolute Gasteiger partial charge is 0.487 e. The summed E-state index contributed by atoms with van der Waals surface area (Å²) in [6.45, 7) is 0.199. The third-order valence-corrected chi connectivity index (χ3v) is 3.98. The Morgan fingerprint density at radius 1 is 1.25 bits per heavy atom. The molecule has 7 nitrogen and oxygen atoms in total. The molecular formula is C19H17ClFN5O2. The molecule has 0 unspecified atom stereocenters. The van der Waals surface area contributed by atoms with E-state index in [1.165, 1.54) is 31.8 Å². The molecule has 0 saturated carbocycles. The molecule has 3 aromatic rings. The maximum absolute atomic E-state index is 13.2. The summed E-state index contributed by atoms with van der Waals surface area (Å²) in [5.41, 5.74) is 7.71. The second-order valence-electron chi connectivity index (χ2n) is 5.63. The molecule has 0 fully saturated rings. The zero-order chi connectivity index (χ0) is 19.9. The Morgan fingerprint density at radius 2 is 2.11 bits per heavy atom. The monoisotopic (exact) mass is 401 g/mol. The number of ether oxygens (including phenoxy) is 1. The number of hydrogen-bond donors (Lipinski definition) is 2. The lowest BCUT2D eigenvalue weighted by Gasteiger charge is -2.12. The van der Waals surface area contributed by atoms with E-state index in [2.05, 4.69) is 25.3 Å². The second kappa shape index (κ2) is 9.01. The highest BCUT2D eigenvalue weighted by molar-refractivity contribution is 6.32. The quantitative estimate of drug-likeness (QED) is 0.456. The summed E-state index contributed by atoms with van der Waals surface area (Å²) in [6.07, 6.45) is 2.75. The van der Waals surface area contributed by atoms with Gasteiger partial charge in [-0.3, -0.25) is 0 Å². The van der Waals surface area contributed by atoms with Crippen LogP contribution >= 0.6 is 11.6 Å². The molecular weight excluding hydrogens is 385 g/mol. The Labute approximate surface area is 166 Å². The first kappa shape index (κ1) is 19.4. The molecule has 3 N–H and O–H groups in total. The van der Waals surface area contributed by atoms with Crippen LogP contribution < -0.4 is 15.8 Å². The van der Waals surface area contributed by atoms with Gasteiger partial charge in [0, 0.05) is 5.69 Å². The van der Waals surface area contributed by atoms with Gasteiger partial charge in [0.2, 0.25) is 0 Å². The molecule has 144 valence electrons. The van der Waals surface area contributed by atoms with E-state index in [-0.39, 0.29) is 18.2 Å². The van der Waals surface area contributed by atoms with Gasteiger partial charge in [0.15, 0.2) is 0 Å². The van der Waals surface area contributed by atoms with Gasteiger partial charge in [-0.25, -0.2) is 14.4 Å². The third kappa shape index (κ3) is 4.86. The number of nitrogens with zero attached hydrogens (tertiary/aromatic N) is 3. The number of aromatic nitrogens is 2. The number of anilines is 3. The maximum Gasteiger partial charge on any atom is 0.144 e. The Bertz CT molecular complexity index is 1000. The highest BCUT2D eigenvalue weighted by atomic mass is 35.5. The molecule has 0 atom stereocenters. The number of nitrogens with one attached hydrogen (secondary N) is 1. The molecule has 0 bridgehead atoms. The first-order valence-corrected chi connectivity index (χ1v) is 8.55. The molecule has 0 aliphatic rings. The minimum Gasteiger partial charge on any atom is -0.487 e. The van der Waals surface area contributed by atoms with Crippen LogP contribution in [0.3, 0.4) is 0 Å². The van der Waals surface area contributed by atoms with Crippen LogP contribution in [0.15, 0.2) is 53.9 Å². The highest BCUT2D eigenvalue weighted by Crippen LogP contribution is 2.30. The summed E-state index contributed by atoms with van der Waals surface area (Å²) >= 11 is 6.30. The van der Waals surface area contributed by atoms with Gasteiger partial charge in [-0.1, -0.05) is 28.9 Å². The normalized spacial score (nSPS) is 10.8.